The number of nitrogens with one attached hydrogen (secondary N) is 4. The van der Waals surface area contributed by atoms with Crippen molar-refractivity contribution < 1.29 is 13.6 Å². The molecule has 0 aliphatic carbocycles. The fourth-order valence-corrected chi connectivity index (χ4v) is 2.60. The van der Waals surface area contributed by atoms with Crippen molar-refractivity contribution >= 4 is 33.5 Å². The van der Waals surface area contributed by atoms with Gasteiger partial charge in [-0.3, -0.25) is 4.79 Å². The Morgan fingerprint density at radius 1 is 0.958 bits per heavy atom. The van der Waals surface area contributed by atoms with Crippen LogP contribution in [0.3, 0.4) is 0 Å². The van der Waals surface area contributed by atoms with Gasteiger partial charge in [0, 0.05) is 17.1 Å². The van der Waals surface area contributed by atoms with Crippen molar-refractivity contribution in [2.24, 2.45) is 0 Å². The zero-order valence-electron chi connectivity index (χ0n) is 12.0. The van der Waals surface area contributed by atoms with Gasteiger partial charge in [0.1, 0.15) is 17.3 Å². The predicted octanol–water partition coefficient (Wildman–Crippen LogP) is 2.87. The highest BCUT2D eigenvalue weighted by atomic mass is 19.1. The summed E-state index contributed by atoms with van der Waals surface area (Å²) in [4.78, 5) is 31.3. The number of halogens is 2. The predicted molar refractivity (Wildman–Crippen MR) is 85.1 cm³/mol. The molecule has 0 bridgehead atoms. The van der Waals surface area contributed by atoms with Crippen molar-refractivity contribution in [3.8, 4) is 0 Å². The maximum atomic E-state index is 13.7. The number of anilines is 1. The Hall–Kier alpha value is -3.42. The van der Waals surface area contributed by atoms with E-state index in [0.29, 0.717) is 16.7 Å². The monoisotopic (exact) mass is 328 g/mol. The molecular weight excluding hydrogens is 318 g/mol. The molecule has 0 unspecified atom stereocenters. The molecule has 0 aliphatic rings. The fourth-order valence-electron chi connectivity index (χ4n) is 2.60. The van der Waals surface area contributed by atoms with Crippen LogP contribution in [0.15, 0.2) is 41.2 Å². The molecule has 1 amide bonds. The summed E-state index contributed by atoms with van der Waals surface area (Å²) in [6.45, 7) is 0. The molecule has 0 aliphatic heterocycles. The van der Waals surface area contributed by atoms with Crippen molar-refractivity contribution in [3.05, 3.63) is 64.2 Å². The average molecular weight is 328 g/mol. The van der Waals surface area contributed by atoms with Gasteiger partial charge >= 0.3 is 5.69 Å². The molecule has 6 nitrogen and oxygen atoms in total. The molecule has 0 saturated carbocycles. The van der Waals surface area contributed by atoms with Crippen LogP contribution >= 0.6 is 0 Å². The highest BCUT2D eigenvalue weighted by Crippen LogP contribution is 2.21. The van der Waals surface area contributed by atoms with E-state index >= 15 is 0 Å². The highest BCUT2D eigenvalue weighted by Gasteiger charge is 2.13. The third-order valence-corrected chi connectivity index (χ3v) is 3.66. The molecule has 2 heterocycles. The van der Waals surface area contributed by atoms with Crippen LogP contribution in [0.25, 0.3) is 21.9 Å². The highest BCUT2D eigenvalue weighted by molar-refractivity contribution is 6.06. The quantitative estimate of drug-likeness (QED) is 0.455. The van der Waals surface area contributed by atoms with E-state index in [1.807, 2.05) is 0 Å². The van der Waals surface area contributed by atoms with Crippen LogP contribution in [0.4, 0.5) is 14.5 Å². The lowest BCUT2D eigenvalue weighted by Gasteiger charge is -2.03. The summed E-state index contributed by atoms with van der Waals surface area (Å²) in [7, 11) is 0. The minimum Gasteiger partial charge on any atom is -0.348 e. The van der Waals surface area contributed by atoms with Gasteiger partial charge in [-0.05, 0) is 30.3 Å². The summed E-state index contributed by atoms with van der Waals surface area (Å²) in [5.74, 6) is -1.99. The van der Waals surface area contributed by atoms with Crippen molar-refractivity contribution in [3.63, 3.8) is 0 Å². The van der Waals surface area contributed by atoms with Crippen LogP contribution in [-0.4, -0.2) is 20.9 Å². The first kappa shape index (κ1) is 14.2. The number of amides is 1. The maximum Gasteiger partial charge on any atom is 0.323 e. The van der Waals surface area contributed by atoms with E-state index < -0.39 is 17.5 Å². The number of aromatic nitrogens is 3. The van der Waals surface area contributed by atoms with E-state index in [1.165, 1.54) is 6.07 Å². The molecule has 120 valence electrons. The van der Waals surface area contributed by atoms with Crippen LogP contribution in [0.5, 0.6) is 0 Å². The molecule has 8 heteroatoms. The lowest BCUT2D eigenvalue weighted by molar-refractivity contribution is 0.102. The molecule has 0 atom stereocenters. The van der Waals surface area contributed by atoms with Crippen molar-refractivity contribution in [1.29, 1.82) is 0 Å². The van der Waals surface area contributed by atoms with Crippen molar-refractivity contribution in [1.82, 2.24) is 15.0 Å². The van der Waals surface area contributed by atoms with Crippen molar-refractivity contribution in [2.75, 3.05) is 5.32 Å². The number of carbonyl (C=O) groups excluding carboxylic acids is 1. The van der Waals surface area contributed by atoms with Crippen LogP contribution in [0, 0.1) is 11.6 Å². The Morgan fingerprint density at radius 3 is 2.58 bits per heavy atom. The Kier molecular flexibility index (Phi) is 2.99. The van der Waals surface area contributed by atoms with Crippen LogP contribution in [0.1, 0.15) is 10.5 Å². The molecule has 0 radical (unpaired) electrons. The number of carbonyl (C=O) groups is 1. The number of fused-ring (bicyclic) bond motifs is 2. The Bertz CT molecular complexity index is 1160. The first-order valence-corrected chi connectivity index (χ1v) is 7.01. The molecule has 0 fully saturated rings. The van der Waals surface area contributed by atoms with Gasteiger partial charge in [-0.1, -0.05) is 0 Å². The van der Waals surface area contributed by atoms with Gasteiger partial charge in [0.05, 0.1) is 16.6 Å². The van der Waals surface area contributed by atoms with E-state index in [4.69, 9.17) is 0 Å². The largest absolute Gasteiger partial charge is 0.348 e. The lowest BCUT2D eigenvalue weighted by atomic mass is 10.2. The third kappa shape index (κ3) is 2.34. The molecule has 2 aromatic heterocycles. The summed E-state index contributed by atoms with van der Waals surface area (Å²) in [6.07, 6.45) is 0. The Labute approximate surface area is 132 Å². The second-order valence-corrected chi connectivity index (χ2v) is 5.33. The number of benzene rings is 2. The molecular formula is C16H10F2N4O2. The number of hydrogen-bond donors (Lipinski definition) is 4. The first-order chi connectivity index (χ1) is 11.5. The second-order valence-electron chi connectivity index (χ2n) is 5.33. The molecule has 4 rings (SSSR count). The van der Waals surface area contributed by atoms with Gasteiger partial charge < -0.3 is 20.3 Å². The zero-order chi connectivity index (χ0) is 16.8. The number of aromatic amines is 3. The molecule has 24 heavy (non-hydrogen) atoms. The minimum atomic E-state index is -0.768. The maximum absolute atomic E-state index is 13.7. The van der Waals surface area contributed by atoms with E-state index in [0.717, 1.165) is 12.1 Å². The van der Waals surface area contributed by atoms with Crippen molar-refractivity contribution in [2.45, 2.75) is 0 Å². The first-order valence-electron chi connectivity index (χ1n) is 7.01. The Balaban J connectivity index is 1.67. The molecule has 2 aromatic carbocycles. The zero-order valence-corrected chi connectivity index (χ0v) is 12.0. The van der Waals surface area contributed by atoms with Crippen LogP contribution in [0.2, 0.25) is 0 Å². The fraction of sp³-hybridized carbons (Fsp3) is 0. The number of H-pyrrole nitrogens is 3. The van der Waals surface area contributed by atoms with Gasteiger partial charge in [-0.15, -0.1) is 0 Å². The summed E-state index contributed by atoms with van der Waals surface area (Å²) >= 11 is 0. The lowest BCUT2D eigenvalue weighted by Crippen LogP contribution is -2.12. The van der Waals surface area contributed by atoms with E-state index in [-0.39, 0.29) is 22.3 Å². The second kappa shape index (κ2) is 5.05. The molecule has 4 aromatic rings. The number of imidazole rings is 1. The van der Waals surface area contributed by atoms with Gasteiger partial charge in [-0.2, -0.15) is 0 Å². The SMILES string of the molecule is O=C(Nc1ccc2[nH]c(=O)[nH]c2c1)c1cc2cc(F)cc(F)c2[nH]1. The van der Waals surface area contributed by atoms with E-state index in [2.05, 4.69) is 20.3 Å². The summed E-state index contributed by atoms with van der Waals surface area (Å²) < 4.78 is 26.9. The topological polar surface area (TPSA) is 93.5 Å². The summed E-state index contributed by atoms with van der Waals surface area (Å²) in [5, 5.41) is 2.90. The molecule has 4 N–H and O–H groups in total. The molecule has 0 spiro atoms. The normalized spacial score (nSPS) is 11.2. The van der Waals surface area contributed by atoms with E-state index in [1.54, 1.807) is 18.2 Å². The smallest absolute Gasteiger partial charge is 0.323 e. The van der Waals surface area contributed by atoms with Crippen LogP contribution in [-0.2, 0) is 0 Å². The minimum absolute atomic E-state index is 0.0620. The Morgan fingerprint density at radius 2 is 1.75 bits per heavy atom. The number of hydrogen-bond acceptors (Lipinski definition) is 2. The van der Waals surface area contributed by atoms with Gasteiger partial charge in [0.2, 0.25) is 0 Å². The molecule has 0 saturated heterocycles. The van der Waals surface area contributed by atoms with Gasteiger partial charge in [0.25, 0.3) is 5.91 Å². The standard InChI is InChI=1S/C16H10F2N4O2/c17-8-3-7-4-13(20-14(7)10(18)5-8)15(23)19-9-1-2-11-12(6-9)22-16(24)21-11/h1-6,20H,(H,19,23)(H2,21,22,24). The van der Waals surface area contributed by atoms with Gasteiger partial charge in [-0.25, -0.2) is 13.6 Å². The van der Waals surface area contributed by atoms with Gasteiger partial charge in [0.15, 0.2) is 0 Å². The summed E-state index contributed by atoms with van der Waals surface area (Å²) in [6, 6.07) is 8.11. The van der Waals surface area contributed by atoms with E-state index in [9.17, 15) is 18.4 Å². The third-order valence-electron chi connectivity index (χ3n) is 3.66. The summed E-state index contributed by atoms with van der Waals surface area (Å²) in [5.41, 5.74) is 1.42. The average Bonchev–Trinajstić information content (AvgIpc) is 3.09. The van der Waals surface area contributed by atoms with Crippen LogP contribution < -0.4 is 11.0 Å². The number of rotatable bonds is 2.